The third kappa shape index (κ3) is 1.30. The molecule has 0 radical (unpaired) electrons. The molecule has 2 heteroatoms. The monoisotopic (exact) mass is 177 g/mol. The Morgan fingerprint density at radius 3 is 3.00 bits per heavy atom. The van der Waals surface area contributed by atoms with Crippen LogP contribution in [0.2, 0.25) is 0 Å². The predicted molar refractivity (Wildman–Crippen MR) is 52.5 cm³/mol. The Morgan fingerprint density at radius 1 is 1.46 bits per heavy atom. The highest BCUT2D eigenvalue weighted by atomic mass is 16.4. The third-order valence-electron chi connectivity index (χ3n) is 2.47. The molecule has 2 unspecified atom stereocenters. The van der Waals surface area contributed by atoms with E-state index in [4.69, 9.17) is 4.42 Å². The van der Waals surface area contributed by atoms with Gasteiger partial charge in [0.2, 0.25) is 0 Å². The van der Waals surface area contributed by atoms with E-state index in [1.807, 2.05) is 20.8 Å². The second-order valence-electron chi connectivity index (χ2n) is 3.35. The minimum absolute atomic E-state index is 0.687. The van der Waals surface area contributed by atoms with Gasteiger partial charge in [0.05, 0.1) is 5.69 Å². The lowest BCUT2D eigenvalue weighted by molar-refractivity contribution is 0.511. The molecule has 2 nitrogen and oxygen atoms in total. The summed E-state index contributed by atoms with van der Waals surface area (Å²) in [5.41, 5.74) is 1.19. The van der Waals surface area contributed by atoms with E-state index in [2.05, 4.69) is 17.1 Å². The number of nitrogens with zero attached hydrogens (tertiary/aromatic N) is 1. The molecule has 1 aromatic rings. The summed E-state index contributed by atoms with van der Waals surface area (Å²) in [5, 5.41) is 0. The van der Waals surface area contributed by atoms with Crippen LogP contribution < -0.4 is 0 Å². The molecule has 0 spiro atoms. The fourth-order valence-electron chi connectivity index (χ4n) is 1.80. The Morgan fingerprint density at radius 2 is 2.23 bits per heavy atom. The molecule has 2 aliphatic carbocycles. The van der Waals surface area contributed by atoms with Crippen molar-refractivity contribution < 1.29 is 4.42 Å². The smallest absolute Gasteiger partial charge is 0.192 e. The maximum absolute atomic E-state index is 5.41. The SMILES string of the molecule is CC.Cc1nc2c(o1)C=CC1CC21. The average molecular weight is 177 g/mol. The first-order valence-electron chi connectivity index (χ1n) is 5.00. The third-order valence-corrected chi connectivity index (χ3v) is 2.47. The van der Waals surface area contributed by atoms with Crippen molar-refractivity contribution in [2.45, 2.75) is 33.1 Å². The predicted octanol–water partition coefficient (Wildman–Crippen LogP) is 3.14. The molecule has 2 atom stereocenters. The van der Waals surface area contributed by atoms with Crippen molar-refractivity contribution in [2.75, 3.05) is 0 Å². The van der Waals surface area contributed by atoms with Crippen molar-refractivity contribution in [1.29, 1.82) is 0 Å². The highest BCUT2D eigenvalue weighted by Crippen LogP contribution is 2.52. The first kappa shape index (κ1) is 8.54. The van der Waals surface area contributed by atoms with Crippen LogP contribution in [-0.4, -0.2) is 4.98 Å². The molecule has 0 saturated heterocycles. The Balaban J connectivity index is 0.000000308. The normalized spacial score (nSPS) is 27.0. The number of hydrogen-bond acceptors (Lipinski definition) is 2. The van der Waals surface area contributed by atoms with Gasteiger partial charge >= 0.3 is 0 Å². The molecule has 0 aliphatic heterocycles. The van der Waals surface area contributed by atoms with Crippen LogP contribution >= 0.6 is 0 Å². The van der Waals surface area contributed by atoms with Crippen LogP contribution in [0.4, 0.5) is 0 Å². The minimum atomic E-state index is 0.687. The number of oxazole rings is 1. The summed E-state index contributed by atoms with van der Waals surface area (Å²) < 4.78 is 5.41. The minimum Gasteiger partial charge on any atom is -0.441 e. The summed E-state index contributed by atoms with van der Waals surface area (Å²) in [6, 6.07) is 0. The number of hydrogen-bond donors (Lipinski definition) is 0. The molecule has 0 amide bonds. The first-order chi connectivity index (χ1) is 6.34. The van der Waals surface area contributed by atoms with E-state index >= 15 is 0 Å². The van der Waals surface area contributed by atoms with Gasteiger partial charge in [0.15, 0.2) is 11.7 Å². The zero-order valence-electron chi connectivity index (χ0n) is 8.37. The molecule has 0 aromatic carbocycles. The van der Waals surface area contributed by atoms with Gasteiger partial charge < -0.3 is 4.42 Å². The summed E-state index contributed by atoms with van der Waals surface area (Å²) in [5.74, 6) is 3.24. The van der Waals surface area contributed by atoms with E-state index in [0.717, 1.165) is 17.6 Å². The van der Waals surface area contributed by atoms with Crippen molar-refractivity contribution in [1.82, 2.24) is 4.98 Å². The van der Waals surface area contributed by atoms with Crippen molar-refractivity contribution in [2.24, 2.45) is 5.92 Å². The van der Waals surface area contributed by atoms with Gasteiger partial charge in [-0.3, -0.25) is 0 Å². The fraction of sp³-hybridized carbons (Fsp3) is 0.545. The Labute approximate surface area is 78.7 Å². The van der Waals surface area contributed by atoms with Gasteiger partial charge in [-0.15, -0.1) is 0 Å². The molecule has 0 bridgehead atoms. The number of allylic oxidation sites excluding steroid dienone is 1. The lowest BCUT2D eigenvalue weighted by Gasteiger charge is -1.97. The molecule has 13 heavy (non-hydrogen) atoms. The van der Waals surface area contributed by atoms with Gasteiger partial charge in [-0.25, -0.2) is 4.98 Å². The van der Waals surface area contributed by atoms with Crippen molar-refractivity contribution in [3.05, 3.63) is 23.4 Å². The molecular weight excluding hydrogens is 162 g/mol. The van der Waals surface area contributed by atoms with Crippen LogP contribution in [0.1, 0.15) is 43.5 Å². The largest absolute Gasteiger partial charge is 0.441 e. The van der Waals surface area contributed by atoms with Crippen LogP contribution in [0.5, 0.6) is 0 Å². The zero-order chi connectivity index (χ0) is 9.42. The summed E-state index contributed by atoms with van der Waals surface area (Å²) in [6.07, 6.45) is 5.57. The van der Waals surface area contributed by atoms with E-state index in [0.29, 0.717) is 5.92 Å². The summed E-state index contributed by atoms with van der Waals surface area (Å²) in [7, 11) is 0. The van der Waals surface area contributed by atoms with E-state index < -0.39 is 0 Å². The van der Waals surface area contributed by atoms with Gasteiger partial charge in [-0.2, -0.15) is 0 Å². The quantitative estimate of drug-likeness (QED) is 0.608. The van der Waals surface area contributed by atoms with Crippen molar-refractivity contribution in [3.8, 4) is 0 Å². The molecule has 0 N–H and O–H groups in total. The summed E-state index contributed by atoms with van der Waals surface area (Å²) in [6.45, 7) is 5.91. The number of aromatic nitrogens is 1. The van der Waals surface area contributed by atoms with E-state index in [1.165, 1.54) is 12.1 Å². The maximum atomic E-state index is 5.41. The Kier molecular flexibility index (Phi) is 1.98. The van der Waals surface area contributed by atoms with Crippen LogP contribution in [-0.2, 0) is 0 Å². The van der Waals surface area contributed by atoms with Crippen LogP contribution in [0.25, 0.3) is 6.08 Å². The zero-order valence-corrected chi connectivity index (χ0v) is 8.37. The van der Waals surface area contributed by atoms with E-state index in [1.54, 1.807) is 0 Å². The molecule has 1 aromatic heterocycles. The van der Waals surface area contributed by atoms with E-state index in [9.17, 15) is 0 Å². The highest BCUT2D eigenvalue weighted by Gasteiger charge is 2.42. The molecular formula is C11H15NO. The lowest BCUT2D eigenvalue weighted by atomic mass is 10.1. The van der Waals surface area contributed by atoms with Crippen molar-refractivity contribution >= 4 is 6.08 Å². The second-order valence-corrected chi connectivity index (χ2v) is 3.35. The van der Waals surface area contributed by atoms with Crippen LogP contribution in [0.15, 0.2) is 10.5 Å². The van der Waals surface area contributed by atoms with Gasteiger partial charge in [0.25, 0.3) is 0 Å². The summed E-state index contributed by atoms with van der Waals surface area (Å²) >= 11 is 0. The van der Waals surface area contributed by atoms with Gasteiger partial charge in [-0.1, -0.05) is 19.9 Å². The maximum Gasteiger partial charge on any atom is 0.192 e. The topological polar surface area (TPSA) is 26.0 Å². The lowest BCUT2D eigenvalue weighted by Crippen LogP contribution is -1.89. The van der Waals surface area contributed by atoms with Gasteiger partial charge in [0.1, 0.15) is 0 Å². The molecule has 3 rings (SSSR count). The van der Waals surface area contributed by atoms with E-state index in [-0.39, 0.29) is 0 Å². The van der Waals surface area contributed by atoms with Crippen LogP contribution in [0.3, 0.4) is 0 Å². The fourth-order valence-corrected chi connectivity index (χ4v) is 1.80. The molecule has 1 saturated carbocycles. The average Bonchev–Trinajstić information content (AvgIpc) is 2.85. The standard InChI is InChI=1S/C9H9NO.C2H6/c1-5-10-9-7-4-6(7)2-3-8(9)11-5;1-2/h2-3,6-7H,4H2,1H3;1-2H3. The number of fused-ring (bicyclic) bond motifs is 3. The Hall–Kier alpha value is -1.05. The molecule has 2 aliphatic rings. The molecule has 1 fully saturated rings. The number of rotatable bonds is 0. The highest BCUT2D eigenvalue weighted by molar-refractivity contribution is 5.54. The van der Waals surface area contributed by atoms with Crippen molar-refractivity contribution in [3.63, 3.8) is 0 Å². The summed E-state index contributed by atoms with van der Waals surface area (Å²) in [4.78, 5) is 4.36. The second kappa shape index (κ2) is 3.02. The Bertz CT molecular complexity index is 338. The van der Waals surface area contributed by atoms with Crippen LogP contribution in [0, 0.1) is 12.8 Å². The number of aryl methyl sites for hydroxylation is 1. The first-order valence-corrected chi connectivity index (χ1v) is 5.00. The van der Waals surface area contributed by atoms with Gasteiger partial charge in [0, 0.05) is 12.8 Å². The molecule has 1 heterocycles. The van der Waals surface area contributed by atoms with Gasteiger partial charge in [-0.05, 0) is 18.4 Å². The molecule has 70 valence electrons.